The van der Waals surface area contributed by atoms with Gasteiger partial charge in [0.05, 0.1) is 15.9 Å². The number of imidazole rings is 1. The van der Waals surface area contributed by atoms with E-state index in [1.165, 1.54) is 11.3 Å². The van der Waals surface area contributed by atoms with Crippen LogP contribution in [-0.4, -0.2) is 20.9 Å². The SMILES string of the molecule is CCn1c(=O)n(CCC(=O)Nc2cccc(NC(=O)c3cccs3)c2)c2ccccc21. The Balaban J connectivity index is 1.42. The first-order chi connectivity index (χ1) is 15.1. The van der Waals surface area contributed by atoms with Gasteiger partial charge in [0.25, 0.3) is 5.91 Å². The van der Waals surface area contributed by atoms with Gasteiger partial charge in [-0.15, -0.1) is 11.3 Å². The summed E-state index contributed by atoms with van der Waals surface area (Å²) in [5.41, 5.74) is 2.75. The summed E-state index contributed by atoms with van der Waals surface area (Å²) in [6, 6.07) is 18.1. The normalized spacial score (nSPS) is 10.9. The van der Waals surface area contributed by atoms with Gasteiger partial charge in [-0.05, 0) is 48.7 Å². The summed E-state index contributed by atoms with van der Waals surface area (Å²) in [4.78, 5) is 38.0. The van der Waals surface area contributed by atoms with Gasteiger partial charge < -0.3 is 10.6 Å². The van der Waals surface area contributed by atoms with Crippen LogP contribution in [0.15, 0.2) is 70.8 Å². The number of thiophene rings is 1. The number of hydrogen-bond acceptors (Lipinski definition) is 4. The van der Waals surface area contributed by atoms with Crippen LogP contribution in [0.2, 0.25) is 0 Å². The highest BCUT2D eigenvalue weighted by Gasteiger charge is 2.13. The number of rotatable bonds is 7. The Morgan fingerprint density at radius 3 is 2.29 bits per heavy atom. The summed E-state index contributed by atoms with van der Waals surface area (Å²) in [5.74, 6) is -0.396. The predicted octanol–water partition coefficient (Wildman–Crippen LogP) is 4.17. The quantitative estimate of drug-likeness (QED) is 0.458. The van der Waals surface area contributed by atoms with E-state index in [9.17, 15) is 14.4 Å². The smallest absolute Gasteiger partial charge is 0.326 e. The number of nitrogens with one attached hydrogen (secondary N) is 2. The van der Waals surface area contributed by atoms with Crippen LogP contribution in [0.25, 0.3) is 11.0 Å². The van der Waals surface area contributed by atoms with Gasteiger partial charge in [-0.25, -0.2) is 4.79 Å². The Morgan fingerprint density at radius 1 is 0.903 bits per heavy atom. The summed E-state index contributed by atoms with van der Waals surface area (Å²) < 4.78 is 3.34. The molecule has 4 rings (SSSR count). The van der Waals surface area contributed by atoms with E-state index in [4.69, 9.17) is 0 Å². The average molecular weight is 435 g/mol. The summed E-state index contributed by atoms with van der Waals surface area (Å²) in [6.07, 6.45) is 0.156. The van der Waals surface area contributed by atoms with E-state index < -0.39 is 0 Å². The van der Waals surface area contributed by atoms with Crippen LogP contribution in [0.3, 0.4) is 0 Å². The van der Waals surface area contributed by atoms with Crippen LogP contribution >= 0.6 is 11.3 Å². The van der Waals surface area contributed by atoms with Gasteiger partial charge >= 0.3 is 5.69 Å². The van der Waals surface area contributed by atoms with Crippen LogP contribution in [0.5, 0.6) is 0 Å². The van der Waals surface area contributed by atoms with E-state index in [1.807, 2.05) is 42.6 Å². The highest BCUT2D eigenvalue weighted by molar-refractivity contribution is 7.12. The molecule has 0 saturated carbocycles. The van der Waals surface area contributed by atoms with Gasteiger partial charge in [-0.3, -0.25) is 18.7 Å². The molecule has 158 valence electrons. The minimum atomic E-state index is -0.207. The summed E-state index contributed by atoms with van der Waals surface area (Å²) in [6.45, 7) is 2.78. The second-order valence-electron chi connectivity index (χ2n) is 6.98. The zero-order valence-electron chi connectivity index (χ0n) is 17.0. The van der Waals surface area contributed by atoms with E-state index in [-0.39, 0.29) is 30.5 Å². The van der Waals surface area contributed by atoms with Gasteiger partial charge in [0.15, 0.2) is 0 Å². The third kappa shape index (κ3) is 4.44. The van der Waals surface area contributed by atoms with Gasteiger partial charge in [0, 0.05) is 30.9 Å². The fourth-order valence-corrected chi connectivity index (χ4v) is 4.13. The van der Waals surface area contributed by atoms with Crippen LogP contribution in [-0.2, 0) is 17.9 Å². The Hall–Kier alpha value is -3.65. The fraction of sp³-hybridized carbons (Fsp3) is 0.174. The van der Waals surface area contributed by atoms with Crippen molar-refractivity contribution in [3.8, 4) is 0 Å². The summed E-state index contributed by atoms with van der Waals surface area (Å²) >= 11 is 1.36. The third-order valence-corrected chi connectivity index (χ3v) is 5.82. The third-order valence-electron chi connectivity index (χ3n) is 4.95. The number of amides is 2. The van der Waals surface area contributed by atoms with Gasteiger partial charge in [0.1, 0.15) is 0 Å². The van der Waals surface area contributed by atoms with Crippen molar-refractivity contribution in [2.45, 2.75) is 26.4 Å². The van der Waals surface area contributed by atoms with Crippen molar-refractivity contribution in [3.63, 3.8) is 0 Å². The Labute approximate surface area is 182 Å². The number of aromatic nitrogens is 2. The highest BCUT2D eigenvalue weighted by Crippen LogP contribution is 2.18. The van der Waals surface area contributed by atoms with Crippen molar-refractivity contribution in [3.05, 3.63) is 81.4 Å². The molecule has 31 heavy (non-hydrogen) atoms. The monoisotopic (exact) mass is 434 g/mol. The molecule has 0 atom stereocenters. The molecule has 2 heterocycles. The molecule has 0 aliphatic carbocycles. The lowest BCUT2D eigenvalue weighted by molar-refractivity contribution is -0.116. The molecule has 4 aromatic rings. The lowest BCUT2D eigenvalue weighted by atomic mass is 10.2. The standard InChI is InChI=1S/C23H22N4O3S/c1-2-26-18-9-3-4-10-19(18)27(23(26)30)13-12-21(28)24-16-7-5-8-17(15-16)25-22(29)20-11-6-14-31-20/h3-11,14-15H,2,12-13H2,1H3,(H,24,28)(H,25,29). The maximum absolute atomic E-state index is 12.7. The van der Waals surface area contributed by atoms with E-state index in [1.54, 1.807) is 39.5 Å². The Bertz CT molecular complexity index is 1290. The number of fused-ring (bicyclic) bond motifs is 1. The van der Waals surface area contributed by atoms with Crippen LogP contribution < -0.4 is 16.3 Å². The van der Waals surface area contributed by atoms with Gasteiger partial charge in [0.2, 0.25) is 5.91 Å². The van der Waals surface area contributed by atoms with E-state index in [0.29, 0.717) is 22.8 Å². The molecule has 0 fully saturated rings. The molecular formula is C23H22N4O3S. The number of nitrogens with zero attached hydrogens (tertiary/aromatic N) is 2. The van der Waals surface area contributed by atoms with Crippen molar-refractivity contribution in [2.75, 3.05) is 10.6 Å². The molecule has 0 bridgehead atoms. The zero-order chi connectivity index (χ0) is 21.8. The number of anilines is 2. The molecule has 0 aliphatic rings. The van der Waals surface area contributed by atoms with Crippen molar-refractivity contribution < 1.29 is 9.59 Å². The minimum absolute atomic E-state index is 0.116. The molecule has 0 saturated heterocycles. The van der Waals surface area contributed by atoms with Crippen molar-refractivity contribution in [1.29, 1.82) is 0 Å². The zero-order valence-corrected chi connectivity index (χ0v) is 17.8. The largest absolute Gasteiger partial charge is 0.329 e. The summed E-state index contributed by atoms with van der Waals surface area (Å²) in [7, 11) is 0. The number of benzene rings is 2. The number of aryl methyl sites for hydroxylation is 2. The molecule has 0 unspecified atom stereocenters. The predicted molar refractivity (Wildman–Crippen MR) is 124 cm³/mol. The van der Waals surface area contributed by atoms with Crippen molar-refractivity contribution >= 4 is 45.6 Å². The molecule has 0 aliphatic heterocycles. The van der Waals surface area contributed by atoms with Crippen LogP contribution in [0, 0.1) is 0 Å². The van der Waals surface area contributed by atoms with Crippen molar-refractivity contribution in [2.24, 2.45) is 0 Å². The molecule has 2 N–H and O–H groups in total. The van der Waals surface area contributed by atoms with E-state index >= 15 is 0 Å². The highest BCUT2D eigenvalue weighted by atomic mass is 32.1. The van der Waals surface area contributed by atoms with Crippen molar-refractivity contribution in [1.82, 2.24) is 9.13 Å². The number of hydrogen-bond donors (Lipinski definition) is 2. The first kappa shape index (κ1) is 20.6. The molecule has 2 aromatic carbocycles. The maximum Gasteiger partial charge on any atom is 0.329 e. The lowest BCUT2D eigenvalue weighted by Gasteiger charge is -2.09. The summed E-state index contributed by atoms with van der Waals surface area (Å²) in [5, 5.41) is 7.51. The molecule has 2 amide bonds. The first-order valence-electron chi connectivity index (χ1n) is 9.99. The molecule has 7 nitrogen and oxygen atoms in total. The molecule has 0 radical (unpaired) electrons. The van der Waals surface area contributed by atoms with Crippen LogP contribution in [0.1, 0.15) is 23.0 Å². The minimum Gasteiger partial charge on any atom is -0.326 e. The van der Waals surface area contributed by atoms with Gasteiger partial charge in [-0.2, -0.15) is 0 Å². The second-order valence-corrected chi connectivity index (χ2v) is 7.93. The van der Waals surface area contributed by atoms with Crippen LogP contribution in [0.4, 0.5) is 11.4 Å². The second kappa shape index (κ2) is 9.01. The average Bonchev–Trinajstić information content (AvgIpc) is 3.39. The first-order valence-corrected chi connectivity index (χ1v) is 10.9. The maximum atomic E-state index is 12.7. The van der Waals surface area contributed by atoms with E-state index in [2.05, 4.69) is 10.6 Å². The molecule has 2 aromatic heterocycles. The molecular weight excluding hydrogens is 412 g/mol. The number of para-hydroxylation sites is 2. The molecule has 8 heteroatoms. The Kier molecular flexibility index (Phi) is 5.99. The Morgan fingerprint density at radius 2 is 1.61 bits per heavy atom. The molecule has 0 spiro atoms. The van der Waals surface area contributed by atoms with E-state index in [0.717, 1.165) is 11.0 Å². The number of carbonyl (C=O) groups excluding carboxylic acids is 2. The number of carbonyl (C=O) groups is 2. The topological polar surface area (TPSA) is 85.1 Å². The van der Waals surface area contributed by atoms with Gasteiger partial charge in [-0.1, -0.05) is 24.3 Å². The lowest BCUT2D eigenvalue weighted by Crippen LogP contribution is -2.25. The fourth-order valence-electron chi connectivity index (χ4n) is 3.51.